The highest BCUT2D eigenvalue weighted by Crippen LogP contribution is 2.08. The quantitative estimate of drug-likeness (QED) is 0.301. The van der Waals surface area contributed by atoms with Gasteiger partial charge in [-0.15, -0.1) is 0 Å². The van der Waals surface area contributed by atoms with Gasteiger partial charge in [0.1, 0.15) is 0 Å². The number of rotatable bonds is 3. The Bertz CT molecular complexity index is 284. The van der Waals surface area contributed by atoms with E-state index in [1.165, 1.54) is 0 Å². The van der Waals surface area contributed by atoms with Gasteiger partial charge >= 0.3 is 0 Å². The molecule has 0 radical (unpaired) electrons. The van der Waals surface area contributed by atoms with Crippen molar-refractivity contribution in [2.45, 2.75) is 6.42 Å². The normalized spacial score (nSPS) is 9.38. The molecule has 5 heteroatoms. The lowest BCUT2D eigenvalue weighted by Crippen LogP contribution is -2.31. The molecule has 5 nitrogen and oxygen atoms in total. The average Bonchev–Trinajstić information content (AvgIpc) is 2.19. The molecule has 0 saturated heterocycles. The maximum Gasteiger partial charge on any atom is 0.238 e. The molecule has 0 aromatic heterocycles. The fraction of sp³-hybridized carbons (Fsp3) is 0.125. The van der Waals surface area contributed by atoms with Crippen LogP contribution < -0.4 is 16.7 Å². The lowest BCUT2D eigenvalue weighted by Gasteiger charge is -2.01. The number of hydrogen-bond acceptors (Lipinski definition) is 4. The second-order valence-electron chi connectivity index (χ2n) is 2.55. The highest BCUT2D eigenvalue weighted by atomic mass is 16.5. The number of benzene rings is 1. The Labute approximate surface area is 75.5 Å². The van der Waals surface area contributed by atoms with Crippen LogP contribution in [-0.4, -0.2) is 11.1 Å². The van der Waals surface area contributed by atoms with E-state index >= 15 is 0 Å². The van der Waals surface area contributed by atoms with Gasteiger partial charge in [-0.1, -0.05) is 12.1 Å². The van der Waals surface area contributed by atoms with Crippen LogP contribution in [0.25, 0.3) is 0 Å². The van der Waals surface area contributed by atoms with Crippen LogP contribution in [0.15, 0.2) is 24.3 Å². The molecule has 0 aliphatic rings. The highest BCUT2D eigenvalue weighted by molar-refractivity contribution is 5.77. The maximum absolute atomic E-state index is 10.8. The molecular formula is C8H11N3O2. The Morgan fingerprint density at radius 2 is 2.00 bits per heavy atom. The van der Waals surface area contributed by atoms with E-state index in [9.17, 15) is 4.79 Å². The first-order valence-corrected chi connectivity index (χ1v) is 3.74. The SMILES string of the molecule is NNC(=O)Cc1ccc(NO)cc1. The van der Waals surface area contributed by atoms with Crippen LogP contribution in [0.4, 0.5) is 5.69 Å². The summed E-state index contributed by atoms with van der Waals surface area (Å²) in [5.74, 6) is 4.68. The van der Waals surface area contributed by atoms with Crippen molar-refractivity contribution in [1.29, 1.82) is 0 Å². The minimum Gasteiger partial charge on any atom is -0.294 e. The van der Waals surface area contributed by atoms with Crippen molar-refractivity contribution < 1.29 is 10.0 Å². The van der Waals surface area contributed by atoms with Crippen molar-refractivity contribution in [1.82, 2.24) is 5.43 Å². The number of hydrazine groups is 1. The van der Waals surface area contributed by atoms with Crippen LogP contribution in [0.3, 0.4) is 0 Å². The molecule has 13 heavy (non-hydrogen) atoms. The van der Waals surface area contributed by atoms with Crippen molar-refractivity contribution in [3.63, 3.8) is 0 Å². The van der Waals surface area contributed by atoms with Gasteiger partial charge in [0.25, 0.3) is 0 Å². The lowest BCUT2D eigenvalue weighted by molar-refractivity contribution is -0.120. The van der Waals surface area contributed by atoms with Crippen LogP contribution >= 0.6 is 0 Å². The van der Waals surface area contributed by atoms with E-state index in [0.717, 1.165) is 5.56 Å². The molecule has 1 rings (SSSR count). The molecule has 1 aromatic rings. The van der Waals surface area contributed by atoms with E-state index in [1.54, 1.807) is 24.3 Å². The Morgan fingerprint density at radius 3 is 2.46 bits per heavy atom. The number of anilines is 1. The third kappa shape index (κ3) is 2.73. The molecule has 1 aromatic carbocycles. The molecule has 0 atom stereocenters. The topological polar surface area (TPSA) is 87.4 Å². The summed E-state index contributed by atoms with van der Waals surface area (Å²) in [6.07, 6.45) is 0.238. The number of nitrogens with two attached hydrogens (primary N) is 1. The minimum absolute atomic E-state index is 0.238. The van der Waals surface area contributed by atoms with Crippen molar-refractivity contribution in [2.24, 2.45) is 5.84 Å². The van der Waals surface area contributed by atoms with Gasteiger partial charge in [-0.25, -0.2) is 5.84 Å². The van der Waals surface area contributed by atoms with Crippen LogP contribution in [-0.2, 0) is 11.2 Å². The van der Waals surface area contributed by atoms with Crippen molar-refractivity contribution in [3.8, 4) is 0 Å². The zero-order chi connectivity index (χ0) is 9.68. The first kappa shape index (κ1) is 9.50. The average molecular weight is 181 g/mol. The zero-order valence-corrected chi connectivity index (χ0v) is 6.95. The molecule has 5 N–H and O–H groups in total. The molecule has 0 unspecified atom stereocenters. The van der Waals surface area contributed by atoms with Crippen molar-refractivity contribution in [3.05, 3.63) is 29.8 Å². The third-order valence-electron chi connectivity index (χ3n) is 1.61. The monoisotopic (exact) mass is 181 g/mol. The predicted octanol–water partition coefficient (Wildman–Crippen LogP) is 0.0201. The van der Waals surface area contributed by atoms with Crippen LogP contribution in [0.5, 0.6) is 0 Å². The van der Waals surface area contributed by atoms with Gasteiger partial charge in [-0.3, -0.25) is 20.9 Å². The van der Waals surface area contributed by atoms with Gasteiger partial charge in [-0.05, 0) is 17.7 Å². The van der Waals surface area contributed by atoms with Gasteiger partial charge in [0.05, 0.1) is 12.1 Å². The van der Waals surface area contributed by atoms with Gasteiger partial charge in [0.2, 0.25) is 5.91 Å². The molecule has 0 bridgehead atoms. The van der Waals surface area contributed by atoms with Gasteiger partial charge < -0.3 is 0 Å². The molecule has 0 aliphatic carbocycles. The first-order chi connectivity index (χ1) is 6.26. The number of amides is 1. The number of hydrogen-bond donors (Lipinski definition) is 4. The van der Waals surface area contributed by atoms with E-state index in [4.69, 9.17) is 11.0 Å². The summed E-state index contributed by atoms with van der Waals surface area (Å²) >= 11 is 0. The number of carbonyl (C=O) groups is 1. The Hall–Kier alpha value is -1.59. The summed E-state index contributed by atoms with van der Waals surface area (Å²) in [7, 11) is 0. The largest absolute Gasteiger partial charge is 0.294 e. The van der Waals surface area contributed by atoms with Gasteiger partial charge in [-0.2, -0.15) is 0 Å². The van der Waals surface area contributed by atoms with E-state index in [1.807, 2.05) is 10.9 Å². The summed E-state index contributed by atoms with van der Waals surface area (Å²) in [6, 6.07) is 6.79. The second-order valence-corrected chi connectivity index (χ2v) is 2.55. The smallest absolute Gasteiger partial charge is 0.238 e. The van der Waals surface area contributed by atoms with E-state index in [0.29, 0.717) is 5.69 Å². The Morgan fingerprint density at radius 1 is 1.38 bits per heavy atom. The van der Waals surface area contributed by atoms with Gasteiger partial charge in [0.15, 0.2) is 0 Å². The summed E-state index contributed by atoms with van der Waals surface area (Å²) in [5, 5.41) is 8.51. The second kappa shape index (κ2) is 4.44. The standard InChI is InChI=1S/C8H11N3O2/c9-10-8(12)5-6-1-3-7(11-13)4-2-6/h1-4,11,13H,5,9H2,(H,10,12). The maximum atomic E-state index is 10.8. The fourth-order valence-corrected chi connectivity index (χ4v) is 0.934. The number of carbonyl (C=O) groups excluding carboxylic acids is 1. The minimum atomic E-state index is -0.246. The van der Waals surface area contributed by atoms with Crippen molar-refractivity contribution >= 4 is 11.6 Å². The zero-order valence-electron chi connectivity index (χ0n) is 6.95. The Kier molecular flexibility index (Phi) is 3.24. The van der Waals surface area contributed by atoms with Gasteiger partial charge in [0, 0.05) is 0 Å². The van der Waals surface area contributed by atoms with Crippen LogP contribution in [0.2, 0.25) is 0 Å². The van der Waals surface area contributed by atoms with E-state index < -0.39 is 0 Å². The van der Waals surface area contributed by atoms with Crippen LogP contribution in [0, 0.1) is 0 Å². The van der Waals surface area contributed by atoms with E-state index in [-0.39, 0.29) is 12.3 Å². The summed E-state index contributed by atoms with van der Waals surface area (Å²) in [4.78, 5) is 10.8. The lowest BCUT2D eigenvalue weighted by atomic mass is 10.1. The molecule has 70 valence electrons. The molecule has 0 saturated carbocycles. The molecule has 0 fully saturated rings. The molecule has 0 spiro atoms. The van der Waals surface area contributed by atoms with Crippen molar-refractivity contribution in [2.75, 3.05) is 5.48 Å². The highest BCUT2D eigenvalue weighted by Gasteiger charge is 2.00. The molecule has 0 heterocycles. The van der Waals surface area contributed by atoms with Crippen LogP contribution in [0.1, 0.15) is 5.56 Å². The third-order valence-corrected chi connectivity index (χ3v) is 1.61. The Balaban J connectivity index is 2.64. The fourth-order valence-electron chi connectivity index (χ4n) is 0.934. The molecule has 1 amide bonds. The summed E-state index contributed by atoms with van der Waals surface area (Å²) in [5.41, 5.74) is 5.45. The first-order valence-electron chi connectivity index (χ1n) is 3.74. The van der Waals surface area contributed by atoms with E-state index in [2.05, 4.69) is 0 Å². The molecular weight excluding hydrogens is 170 g/mol. The predicted molar refractivity (Wildman–Crippen MR) is 47.9 cm³/mol. The number of nitrogens with one attached hydrogen (secondary N) is 2. The molecule has 0 aliphatic heterocycles. The summed E-state index contributed by atoms with van der Waals surface area (Å²) < 4.78 is 0. The summed E-state index contributed by atoms with van der Waals surface area (Å²) in [6.45, 7) is 0.